The molecule has 0 aliphatic heterocycles. The Labute approximate surface area is 179 Å². The molecule has 148 valence electrons. The largest absolute Gasteiger partial charge is 0.483 e. The van der Waals surface area contributed by atoms with Crippen molar-refractivity contribution in [1.29, 1.82) is 0 Å². The summed E-state index contributed by atoms with van der Waals surface area (Å²) < 4.78 is 6.97. The number of rotatable bonds is 7. The Balaban J connectivity index is 1.79. The van der Waals surface area contributed by atoms with Gasteiger partial charge in [-0.1, -0.05) is 22.9 Å². The van der Waals surface area contributed by atoms with Crippen LogP contribution in [0.5, 0.6) is 5.75 Å². The first kappa shape index (κ1) is 21.9. The standard InChI is InChI=1S/C19H19Br2N3O4/c1-2-3-17(25)22-14-7-4-12(5-8-14)19(27)24-23-18(26)11-28-16-9-6-13(20)10-15(16)21/h4-10H,2-3,11H2,1H3,(H,22,25)(H,23,26)(H,24,27). The number of carbonyl (C=O) groups excluding carboxylic acids is 3. The third kappa shape index (κ3) is 6.97. The number of amides is 3. The zero-order valence-electron chi connectivity index (χ0n) is 15.1. The predicted octanol–water partition coefficient (Wildman–Crippen LogP) is 3.79. The fourth-order valence-corrected chi connectivity index (χ4v) is 3.29. The predicted molar refractivity (Wildman–Crippen MR) is 113 cm³/mol. The quantitative estimate of drug-likeness (QED) is 0.492. The van der Waals surface area contributed by atoms with Crippen molar-refractivity contribution in [3.05, 3.63) is 57.0 Å². The lowest BCUT2D eigenvalue weighted by Crippen LogP contribution is -2.43. The van der Waals surface area contributed by atoms with Gasteiger partial charge in [-0.3, -0.25) is 25.2 Å². The van der Waals surface area contributed by atoms with Gasteiger partial charge in [0.05, 0.1) is 4.47 Å². The van der Waals surface area contributed by atoms with Gasteiger partial charge < -0.3 is 10.1 Å². The molecule has 0 saturated carbocycles. The maximum Gasteiger partial charge on any atom is 0.276 e. The maximum absolute atomic E-state index is 12.1. The molecule has 2 aromatic rings. The van der Waals surface area contributed by atoms with Crippen LogP contribution in [0.15, 0.2) is 51.4 Å². The van der Waals surface area contributed by atoms with E-state index in [0.29, 0.717) is 27.9 Å². The van der Waals surface area contributed by atoms with Gasteiger partial charge in [-0.25, -0.2) is 0 Å². The van der Waals surface area contributed by atoms with Crippen LogP contribution in [0, 0.1) is 0 Å². The minimum Gasteiger partial charge on any atom is -0.483 e. The summed E-state index contributed by atoms with van der Waals surface area (Å²) in [6.07, 6.45) is 1.20. The Bertz CT molecular complexity index is 857. The van der Waals surface area contributed by atoms with Crippen LogP contribution in [0.3, 0.4) is 0 Å². The van der Waals surface area contributed by atoms with Crippen molar-refractivity contribution in [2.75, 3.05) is 11.9 Å². The molecule has 0 radical (unpaired) electrons. The summed E-state index contributed by atoms with van der Waals surface area (Å²) in [5.41, 5.74) is 5.54. The Morgan fingerprint density at radius 1 is 0.964 bits per heavy atom. The fourth-order valence-electron chi connectivity index (χ4n) is 2.13. The number of nitrogens with one attached hydrogen (secondary N) is 3. The SMILES string of the molecule is CCCC(=O)Nc1ccc(C(=O)NNC(=O)COc2ccc(Br)cc2Br)cc1. The summed E-state index contributed by atoms with van der Waals surface area (Å²) in [7, 11) is 0. The van der Waals surface area contributed by atoms with Gasteiger partial charge in [-0.05, 0) is 64.8 Å². The summed E-state index contributed by atoms with van der Waals surface area (Å²) in [5, 5.41) is 2.74. The molecule has 3 amide bonds. The molecule has 0 unspecified atom stereocenters. The molecule has 0 aliphatic rings. The van der Waals surface area contributed by atoms with E-state index in [1.807, 2.05) is 6.92 Å². The second-order valence-electron chi connectivity index (χ2n) is 5.74. The van der Waals surface area contributed by atoms with Crippen LogP contribution in [0.2, 0.25) is 0 Å². The molecule has 0 fully saturated rings. The molecule has 0 aliphatic carbocycles. The molecule has 0 atom stereocenters. The zero-order chi connectivity index (χ0) is 20.5. The van der Waals surface area contributed by atoms with Crippen molar-refractivity contribution in [2.24, 2.45) is 0 Å². The average molecular weight is 513 g/mol. The van der Waals surface area contributed by atoms with E-state index in [1.54, 1.807) is 42.5 Å². The Morgan fingerprint density at radius 3 is 2.32 bits per heavy atom. The molecule has 9 heteroatoms. The topological polar surface area (TPSA) is 96.5 Å². The number of anilines is 1. The van der Waals surface area contributed by atoms with Gasteiger partial charge >= 0.3 is 0 Å². The fraction of sp³-hybridized carbons (Fsp3) is 0.211. The summed E-state index contributed by atoms with van der Waals surface area (Å²) >= 11 is 6.67. The van der Waals surface area contributed by atoms with Gasteiger partial charge in [-0.2, -0.15) is 0 Å². The molecular weight excluding hydrogens is 494 g/mol. The first-order valence-corrected chi connectivity index (χ1v) is 10.0. The molecule has 7 nitrogen and oxygen atoms in total. The highest BCUT2D eigenvalue weighted by molar-refractivity contribution is 9.11. The molecule has 0 aromatic heterocycles. The minimum absolute atomic E-state index is 0.0793. The van der Waals surface area contributed by atoms with E-state index in [0.717, 1.165) is 10.9 Å². The lowest BCUT2D eigenvalue weighted by atomic mass is 10.2. The van der Waals surface area contributed by atoms with Crippen LogP contribution in [-0.2, 0) is 9.59 Å². The van der Waals surface area contributed by atoms with E-state index in [2.05, 4.69) is 48.0 Å². The van der Waals surface area contributed by atoms with Crippen LogP contribution in [-0.4, -0.2) is 24.3 Å². The van der Waals surface area contributed by atoms with E-state index in [4.69, 9.17) is 4.74 Å². The Kier molecular flexibility index (Phi) is 8.46. The van der Waals surface area contributed by atoms with Gasteiger partial charge in [0.1, 0.15) is 5.75 Å². The second kappa shape index (κ2) is 10.8. The van der Waals surface area contributed by atoms with Crippen molar-refractivity contribution in [1.82, 2.24) is 10.9 Å². The molecular formula is C19H19Br2N3O4. The Hall–Kier alpha value is -2.39. The highest BCUT2D eigenvalue weighted by Gasteiger charge is 2.10. The summed E-state index contributed by atoms with van der Waals surface area (Å²) in [6.45, 7) is 1.66. The van der Waals surface area contributed by atoms with Crippen LogP contribution in [0.4, 0.5) is 5.69 Å². The van der Waals surface area contributed by atoms with Crippen LogP contribution in [0.1, 0.15) is 30.1 Å². The van der Waals surface area contributed by atoms with Crippen molar-refractivity contribution < 1.29 is 19.1 Å². The lowest BCUT2D eigenvalue weighted by molar-refractivity contribution is -0.123. The van der Waals surface area contributed by atoms with Crippen LogP contribution >= 0.6 is 31.9 Å². The third-order valence-corrected chi connectivity index (χ3v) is 4.59. The van der Waals surface area contributed by atoms with Crippen molar-refractivity contribution >= 4 is 55.3 Å². The number of ether oxygens (including phenoxy) is 1. The smallest absolute Gasteiger partial charge is 0.276 e. The lowest BCUT2D eigenvalue weighted by Gasteiger charge is -2.10. The highest BCUT2D eigenvalue weighted by Crippen LogP contribution is 2.28. The number of hydrogen-bond acceptors (Lipinski definition) is 4. The van der Waals surface area contributed by atoms with Gasteiger partial charge in [0.15, 0.2) is 6.61 Å². The molecule has 28 heavy (non-hydrogen) atoms. The molecule has 2 rings (SSSR count). The summed E-state index contributed by atoms with van der Waals surface area (Å²) in [6, 6.07) is 11.6. The van der Waals surface area contributed by atoms with E-state index in [1.165, 1.54) is 0 Å². The molecule has 3 N–H and O–H groups in total. The molecule has 0 bridgehead atoms. The number of hydrogen-bond donors (Lipinski definition) is 3. The highest BCUT2D eigenvalue weighted by atomic mass is 79.9. The zero-order valence-corrected chi connectivity index (χ0v) is 18.2. The molecule has 0 heterocycles. The average Bonchev–Trinajstić information content (AvgIpc) is 2.66. The van der Waals surface area contributed by atoms with E-state index in [-0.39, 0.29) is 12.5 Å². The van der Waals surface area contributed by atoms with E-state index >= 15 is 0 Å². The maximum atomic E-state index is 12.1. The third-order valence-electron chi connectivity index (χ3n) is 3.48. The first-order valence-electron chi connectivity index (χ1n) is 8.46. The van der Waals surface area contributed by atoms with Crippen LogP contribution in [0.25, 0.3) is 0 Å². The molecule has 2 aromatic carbocycles. The minimum atomic E-state index is -0.508. The number of carbonyl (C=O) groups is 3. The summed E-state index contributed by atoms with van der Waals surface area (Å²) in [4.78, 5) is 35.5. The molecule has 0 spiro atoms. The van der Waals surface area contributed by atoms with Crippen molar-refractivity contribution in [2.45, 2.75) is 19.8 Å². The first-order chi connectivity index (χ1) is 13.4. The van der Waals surface area contributed by atoms with Crippen molar-refractivity contribution in [3.8, 4) is 5.75 Å². The summed E-state index contributed by atoms with van der Waals surface area (Å²) in [5.74, 6) is -0.564. The van der Waals surface area contributed by atoms with Crippen molar-refractivity contribution in [3.63, 3.8) is 0 Å². The van der Waals surface area contributed by atoms with Gasteiger partial charge in [0.25, 0.3) is 11.8 Å². The second-order valence-corrected chi connectivity index (χ2v) is 7.51. The normalized spacial score (nSPS) is 10.1. The van der Waals surface area contributed by atoms with Gasteiger partial charge in [0.2, 0.25) is 5.91 Å². The van der Waals surface area contributed by atoms with E-state index in [9.17, 15) is 14.4 Å². The van der Waals surface area contributed by atoms with Gasteiger partial charge in [0, 0.05) is 22.1 Å². The van der Waals surface area contributed by atoms with E-state index < -0.39 is 11.8 Å². The van der Waals surface area contributed by atoms with Crippen LogP contribution < -0.4 is 20.9 Å². The molecule has 0 saturated heterocycles. The monoisotopic (exact) mass is 511 g/mol. The Morgan fingerprint density at radius 2 is 1.68 bits per heavy atom. The van der Waals surface area contributed by atoms with Gasteiger partial charge in [-0.15, -0.1) is 0 Å². The number of hydrazine groups is 1. The number of benzene rings is 2. The number of halogens is 2.